The van der Waals surface area contributed by atoms with Gasteiger partial charge in [0.25, 0.3) is 0 Å². The summed E-state index contributed by atoms with van der Waals surface area (Å²) in [5.74, 6) is -0.990. The first-order valence-corrected chi connectivity index (χ1v) is 6.84. The zero-order chi connectivity index (χ0) is 13.8. The molecule has 1 aliphatic heterocycles. The van der Waals surface area contributed by atoms with Crippen LogP contribution in [0.3, 0.4) is 0 Å². The molecule has 1 saturated heterocycles. The molecule has 0 aliphatic carbocycles. The second-order valence-corrected chi connectivity index (χ2v) is 5.11. The van der Waals surface area contributed by atoms with E-state index >= 15 is 0 Å². The number of carboxylic acids is 1. The maximum atomic E-state index is 13.3. The quantitative estimate of drug-likeness (QED) is 0.888. The highest BCUT2D eigenvalue weighted by atomic mass is 19.1. The average Bonchev–Trinajstić information content (AvgIpc) is 2.78. The van der Waals surface area contributed by atoms with Crippen LogP contribution in [0.1, 0.15) is 44.2 Å². The van der Waals surface area contributed by atoms with Crippen LogP contribution < -0.4 is 0 Å². The molecule has 0 aromatic heterocycles. The van der Waals surface area contributed by atoms with Crippen LogP contribution in [0.15, 0.2) is 24.3 Å². The van der Waals surface area contributed by atoms with Crippen molar-refractivity contribution in [3.63, 3.8) is 0 Å². The second kappa shape index (κ2) is 6.15. The van der Waals surface area contributed by atoms with Gasteiger partial charge in [0, 0.05) is 12.1 Å². The Morgan fingerprint density at radius 1 is 1.58 bits per heavy atom. The number of aliphatic carboxylic acids is 1. The number of hydrogen-bond acceptors (Lipinski definition) is 2. The fourth-order valence-corrected chi connectivity index (χ4v) is 3.06. The Hall–Kier alpha value is -1.42. The molecule has 1 N–H and O–H groups in total. The van der Waals surface area contributed by atoms with E-state index < -0.39 is 5.97 Å². The van der Waals surface area contributed by atoms with Crippen LogP contribution in [0.5, 0.6) is 0 Å². The van der Waals surface area contributed by atoms with Gasteiger partial charge in [0.1, 0.15) is 5.82 Å². The van der Waals surface area contributed by atoms with Crippen LogP contribution in [-0.4, -0.2) is 28.6 Å². The maximum absolute atomic E-state index is 13.3. The van der Waals surface area contributed by atoms with Crippen molar-refractivity contribution in [2.45, 2.75) is 44.7 Å². The van der Waals surface area contributed by atoms with Crippen molar-refractivity contribution in [1.29, 1.82) is 0 Å². The van der Waals surface area contributed by atoms with Gasteiger partial charge in [0.15, 0.2) is 0 Å². The highest BCUT2D eigenvalue weighted by molar-refractivity contribution is 5.67. The number of carboxylic acid groups (broad SMARTS) is 1. The number of rotatable bonds is 5. The predicted octanol–water partition coefficient (Wildman–Crippen LogP) is 3.22. The minimum absolute atomic E-state index is 0.0747. The van der Waals surface area contributed by atoms with Crippen LogP contribution in [0, 0.1) is 5.82 Å². The van der Waals surface area contributed by atoms with E-state index in [1.165, 1.54) is 6.07 Å². The fourth-order valence-electron chi connectivity index (χ4n) is 3.06. The summed E-state index contributed by atoms with van der Waals surface area (Å²) in [4.78, 5) is 13.1. The van der Waals surface area contributed by atoms with Gasteiger partial charge in [-0.3, -0.25) is 9.69 Å². The van der Waals surface area contributed by atoms with Crippen molar-refractivity contribution in [2.75, 3.05) is 6.54 Å². The molecule has 1 heterocycles. The van der Waals surface area contributed by atoms with Crippen molar-refractivity contribution < 1.29 is 14.3 Å². The van der Waals surface area contributed by atoms with E-state index in [9.17, 15) is 9.18 Å². The standard InChI is InChI=1S/C15H20FNO2/c1-2-14(11-5-3-6-12(16)9-11)17-8-4-7-13(17)10-15(18)19/h3,5-6,9,13-14H,2,4,7-8,10H2,1H3,(H,18,19). The highest BCUT2D eigenvalue weighted by Crippen LogP contribution is 2.33. The van der Waals surface area contributed by atoms with Crippen LogP contribution in [0.25, 0.3) is 0 Å². The Morgan fingerprint density at radius 3 is 3.00 bits per heavy atom. The van der Waals surface area contributed by atoms with E-state index in [1.807, 2.05) is 6.07 Å². The number of carbonyl (C=O) groups is 1. The maximum Gasteiger partial charge on any atom is 0.304 e. The van der Waals surface area contributed by atoms with Gasteiger partial charge in [-0.15, -0.1) is 0 Å². The Balaban J connectivity index is 2.18. The largest absolute Gasteiger partial charge is 0.481 e. The Bertz CT molecular complexity index is 450. The number of hydrogen-bond donors (Lipinski definition) is 1. The lowest BCUT2D eigenvalue weighted by Gasteiger charge is -2.32. The molecule has 104 valence electrons. The molecule has 0 radical (unpaired) electrons. The number of benzene rings is 1. The molecule has 4 heteroatoms. The van der Waals surface area contributed by atoms with Gasteiger partial charge in [0.05, 0.1) is 6.42 Å². The van der Waals surface area contributed by atoms with Crippen LogP contribution >= 0.6 is 0 Å². The van der Waals surface area contributed by atoms with E-state index in [-0.39, 0.29) is 24.3 Å². The van der Waals surface area contributed by atoms with Crippen molar-refractivity contribution in [2.24, 2.45) is 0 Å². The zero-order valence-corrected chi connectivity index (χ0v) is 11.2. The molecule has 3 nitrogen and oxygen atoms in total. The predicted molar refractivity (Wildman–Crippen MR) is 71.4 cm³/mol. The topological polar surface area (TPSA) is 40.5 Å². The summed E-state index contributed by atoms with van der Waals surface area (Å²) in [5.41, 5.74) is 0.944. The molecule has 2 atom stereocenters. The first kappa shape index (κ1) is 14.0. The summed E-state index contributed by atoms with van der Waals surface area (Å²) in [7, 11) is 0. The molecule has 0 saturated carbocycles. The van der Waals surface area contributed by atoms with Gasteiger partial charge in [0.2, 0.25) is 0 Å². The third-order valence-corrected chi connectivity index (χ3v) is 3.85. The summed E-state index contributed by atoms with van der Waals surface area (Å²) in [6.07, 6.45) is 2.97. The number of nitrogens with zero attached hydrogens (tertiary/aromatic N) is 1. The first-order valence-electron chi connectivity index (χ1n) is 6.84. The van der Waals surface area contributed by atoms with Gasteiger partial charge >= 0.3 is 5.97 Å². The summed E-state index contributed by atoms with van der Waals surface area (Å²) in [5, 5.41) is 8.97. The van der Waals surface area contributed by atoms with Crippen molar-refractivity contribution in [3.05, 3.63) is 35.6 Å². The summed E-state index contributed by atoms with van der Waals surface area (Å²) < 4.78 is 13.3. The molecule has 19 heavy (non-hydrogen) atoms. The lowest BCUT2D eigenvalue weighted by Crippen LogP contribution is -2.34. The number of halogens is 1. The summed E-state index contributed by atoms with van der Waals surface area (Å²) >= 11 is 0. The Kier molecular flexibility index (Phi) is 4.53. The van der Waals surface area contributed by atoms with E-state index in [2.05, 4.69) is 11.8 Å². The molecular formula is C15H20FNO2. The average molecular weight is 265 g/mol. The smallest absolute Gasteiger partial charge is 0.304 e. The van der Waals surface area contributed by atoms with E-state index in [1.54, 1.807) is 12.1 Å². The third kappa shape index (κ3) is 3.32. The number of likely N-dealkylation sites (tertiary alicyclic amines) is 1. The molecule has 1 aromatic rings. The highest BCUT2D eigenvalue weighted by Gasteiger charge is 2.32. The molecule has 1 fully saturated rings. The Labute approximate surface area is 113 Å². The first-order chi connectivity index (χ1) is 9.11. The molecule has 0 bridgehead atoms. The molecule has 2 unspecified atom stereocenters. The van der Waals surface area contributed by atoms with Gasteiger partial charge < -0.3 is 5.11 Å². The van der Waals surface area contributed by atoms with Gasteiger partial charge in [-0.2, -0.15) is 0 Å². The van der Waals surface area contributed by atoms with E-state index in [0.717, 1.165) is 31.4 Å². The van der Waals surface area contributed by atoms with E-state index in [4.69, 9.17) is 5.11 Å². The summed E-state index contributed by atoms with van der Waals surface area (Å²) in [6, 6.07) is 6.83. The van der Waals surface area contributed by atoms with E-state index in [0.29, 0.717) is 0 Å². The SMILES string of the molecule is CCC(c1cccc(F)c1)N1CCCC1CC(=O)O. The third-order valence-electron chi connectivity index (χ3n) is 3.85. The summed E-state index contributed by atoms with van der Waals surface area (Å²) in [6.45, 7) is 2.96. The Morgan fingerprint density at radius 2 is 2.37 bits per heavy atom. The normalized spacial score (nSPS) is 21.5. The second-order valence-electron chi connectivity index (χ2n) is 5.11. The molecular weight excluding hydrogens is 245 g/mol. The molecule has 1 aromatic carbocycles. The fraction of sp³-hybridized carbons (Fsp3) is 0.533. The molecule has 2 rings (SSSR count). The minimum Gasteiger partial charge on any atom is -0.481 e. The molecule has 1 aliphatic rings. The van der Waals surface area contributed by atoms with Gasteiger partial charge in [-0.25, -0.2) is 4.39 Å². The van der Waals surface area contributed by atoms with Crippen LogP contribution in [0.2, 0.25) is 0 Å². The minimum atomic E-state index is -0.758. The van der Waals surface area contributed by atoms with Crippen molar-refractivity contribution in [1.82, 2.24) is 4.90 Å². The van der Waals surface area contributed by atoms with Gasteiger partial charge in [-0.05, 0) is 43.5 Å². The van der Waals surface area contributed by atoms with Crippen molar-refractivity contribution in [3.8, 4) is 0 Å². The van der Waals surface area contributed by atoms with Crippen LogP contribution in [-0.2, 0) is 4.79 Å². The zero-order valence-electron chi connectivity index (χ0n) is 11.2. The molecule has 0 amide bonds. The van der Waals surface area contributed by atoms with Gasteiger partial charge in [-0.1, -0.05) is 19.1 Å². The lowest BCUT2D eigenvalue weighted by molar-refractivity contribution is -0.138. The monoisotopic (exact) mass is 265 g/mol. The van der Waals surface area contributed by atoms with Crippen molar-refractivity contribution >= 4 is 5.97 Å². The van der Waals surface area contributed by atoms with Crippen LogP contribution in [0.4, 0.5) is 4.39 Å². The molecule has 0 spiro atoms. The lowest BCUT2D eigenvalue weighted by atomic mass is 10.0.